The van der Waals surface area contributed by atoms with Crippen LogP contribution in [0, 0.1) is 0 Å². The molecule has 1 unspecified atom stereocenters. The van der Waals surface area contributed by atoms with Crippen LogP contribution >= 0.6 is 0 Å². The number of ether oxygens (including phenoxy) is 2. The van der Waals surface area contributed by atoms with Crippen LogP contribution in [0.1, 0.15) is 26.7 Å². The van der Waals surface area contributed by atoms with E-state index in [9.17, 15) is 9.90 Å². The first-order valence-corrected chi connectivity index (χ1v) is 4.84. The molecule has 1 atom stereocenters. The minimum atomic E-state index is -1.52. The molecule has 0 radical (unpaired) electrons. The van der Waals surface area contributed by atoms with Gasteiger partial charge >= 0.3 is 6.16 Å². The molecule has 0 saturated carbocycles. The van der Waals surface area contributed by atoms with E-state index in [0.29, 0.717) is 12.8 Å². The molecule has 3 N–H and O–H groups in total. The predicted molar refractivity (Wildman–Crippen MR) is 51.5 cm³/mol. The summed E-state index contributed by atoms with van der Waals surface area (Å²) in [7, 11) is 0. The Morgan fingerprint density at radius 3 is 2.27 bits per heavy atom. The molecule has 0 aliphatic rings. The molecular weight excluding hydrogens is 204 g/mol. The molecule has 0 saturated heterocycles. The Kier molecular flexibility index (Phi) is 6.23. The standard InChI is InChI=1S/C9H18O6/c1-3-9(13,4-2)7(14-6-5-10)15-8(11)12/h7,10,13H,3-6H2,1-2H3,(H,11,12). The fraction of sp³-hybridized carbons (Fsp3) is 0.889. The molecule has 0 aliphatic carbocycles. The third-order valence-corrected chi connectivity index (χ3v) is 2.23. The van der Waals surface area contributed by atoms with Crippen molar-refractivity contribution in [2.75, 3.05) is 13.2 Å². The number of hydrogen-bond acceptors (Lipinski definition) is 5. The minimum absolute atomic E-state index is 0.0831. The van der Waals surface area contributed by atoms with Gasteiger partial charge in [0.15, 0.2) is 0 Å². The lowest BCUT2D eigenvalue weighted by Gasteiger charge is -2.32. The molecule has 90 valence electrons. The average Bonchev–Trinajstić information content (AvgIpc) is 2.22. The van der Waals surface area contributed by atoms with Crippen molar-refractivity contribution < 1.29 is 29.6 Å². The largest absolute Gasteiger partial charge is 0.508 e. The summed E-state index contributed by atoms with van der Waals surface area (Å²) in [6.45, 7) is 3.05. The van der Waals surface area contributed by atoms with Crippen LogP contribution in [0.5, 0.6) is 0 Å². The molecule has 0 aromatic rings. The number of carbonyl (C=O) groups is 1. The van der Waals surface area contributed by atoms with Crippen LogP contribution in [0.4, 0.5) is 4.79 Å². The summed E-state index contributed by atoms with van der Waals surface area (Å²) in [5.74, 6) is 0. The third-order valence-electron chi connectivity index (χ3n) is 2.23. The fourth-order valence-electron chi connectivity index (χ4n) is 1.13. The van der Waals surface area contributed by atoms with Crippen LogP contribution in [0.3, 0.4) is 0 Å². The summed E-state index contributed by atoms with van der Waals surface area (Å²) in [5, 5.41) is 27.0. The number of hydrogen-bond donors (Lipinski definition) is 3. The number of aliphatic hydroxyl groups is 2. The van der Waals surface area contributed by atoms with Gasteiger partial charge in [0, 0.05) is 0 Å². The van der Waals surface area contributed by atoms with E-state index >= 15 is 0 Å². The maximum atomic E-state index is 10.4. The lowest BCUT2D eigenvalue weighted by molar-refractivity contribution is -0.222. The fourth-order valence-corrected chi connectivity index (χ4v) is 1.13. The Balaban J connectivity index is 4.50. The second-order valence-electron chi connectivity index (χ2n) is 3.12. The van der Waals surface area contributed by atoms with Gasteiger partial charge in [-0.2, -0.15) is 0 Å². The Hall–Kier alpha value is -0.850. The van der Waals surface area contributed by atoms with E-state index in [1.54, 1.807) is 13.8 Å². The summed E-state index contributed by atoms with van der Waals surface area (Å²) < 4.78 is 9.38. The first-order chi connectivity index (χ1) is 7.00. The Bertz CT molecular complexity index is 189. The van der Waals surface area contributed by atoms with Crippen molar-refractivity contribution in [2.24, 2.45) is 0 Å². The van der Waals surface area contributed by atoms with Crippen molar-refractivity contribution in [2.45, 2.75) is 38.6 Å². The van der Waals surface area contributed by atoms with Gasteiger partial charge in [0.25, 0.3) is 0 Å². The van der Waals surface area contributed by atoms with Crippen LogP contribution < -0.4 is 0 Å². The van der Waals surface area contributed by atoms with Gasteiger partial charge in [-0.05, 0) is 12.8 Å². The van der Waals surface area contributed by atoms with E-state index in [1.165, 1.54) is 0 Å². The predicted octanol–water partition coefficient (Wildman–Crippen LogP) is 0.567. The highest BCUT2D eigenvalue weighted by Crippen LogP contribution is 2.23. The van der Waals surface area contributed by atoms with E-state index in [2.05, 4.69) is 4.74 Å². The summed E-state index contributed by atoms with van der Waals surface area (Å²) in [5.41, 5.74) is -1.35. The van der Waals surface area contributed by atoms with Crippen molar-refractivity contribution in [3.63, 3.8) is 0 Å². The third kappa shape index (κ3) is 4.46. The second-order valence-corrected chi connectivity index (χ2v) is 3.12. The van der Waals surface area contributed by atoms with Gasteiger partial charge in [0.2, 0.25) is 6.29 Å². The lowest BCUT2D eigenvalue weighted by atomic mass is 9.97. The summed E-state index contributed by atoms with van der Waals surface area (Å²) in [4.78, 5) is 10.4. The highest BCUT2D eigenvalue weighted by atomic mass is 16.8. The zero-order valence-corrected chi connectivity index (χ0v) is 8.97. The molecule has 0 bridgehead atoms. The molecule has 0 aromatic carbocycles. The SMILES string of the molecule is CCC(O)(CC)C(OCCO)OC(=O)O. The van der Waals surface area contributed by atoms with Gasteiger partial charge in [0.05, 0.1) is 13.2 Å². The first-order valence-electron chi connectivity index (χ1n) is 4.84. The first kappa shape index (κ1) is 14.2. The Morgan fingerprint density at radius 1 is 1.40 bits per heavy atom. The van der Waals surface area contributed by atoms with Crippen LogP contribution in [0.2, 0.25) is 0 Å². The van der Waals surface area contributed by atoms with Gasteiger partial charge in [-0.25, -0.2) is 4.79 Å². The van der Waals surface area contributed by atoms with Crippen molar-refractivity contribution >= 4 is 6.16 Å². The average molecular weight is 222 g/mol. The molecule has 0 amide bonds. The molecule has 6 nitrogen and oxygen atoms in total. The smallest absolute Gasteiger partial charge is 0.450 e. The summed E-state index contributed by atoms with van der Waals surface area (Å²) in [6, 6.07) is 0. The topological polar surface area (TPSA) is 96.2 Å². The molecule has 6 heteroatoms. The van der Waals surface area contributed by atoms with Crippen LogP contribution in [0.25, 0.3) is 0 Å². The van der Waals surface area contributed by atoms with Crippen LogP contribution in [-0.2, 0) is 9.47 Å². The van der Waals surface area contributed by atoms with Crippen molar-refractivity contribution in [3.05, 3.63) is 0 Å². The molecular formula is C9H18O6. The zero-order valence-electron chi connectivity index (χ0n) is 8.97. The van der Waals surface area contributed by atoms with Crippen LogP contribution in [-0.4, -0.2) is 46.6 Å². The van der Waals surface area contributed by atoms with Crippen molar-refractivity contribution in [1.29, 1.82) is 0 Å². The van der Waals surface area contributed by atoms with E-state index in [0.717, 1.165) is 0 Å². The monoisotopic (exact) mass is 222 g/mol. The van der Waals surface area contributed by atoms with Gasteiger partial charge < -0.3 is 24.8 Å². The van der Waals surface area contributed by atoms with E-state index in [4.69, 9.17) is 14.9 Å². The molecule has 0 aliphatic heterocycles. The quantitative estimate of drug-likeness (QED) is 0.430. The van der Waals surface area contributed by atoms with Crippen LogP contribution in [0.15, 0.2) is 0 Å². The zero-order chi connectivity index (χ0) is 11.9. The highest BCUT2D eigenvalue weighted by molar-refractivity contribution is 5.57. The number of aliphatic hydroxyl groups excluding tert-OH is 1. The van der Waals surface area contributed by atoms with Gasteiger partial charge in [-0.3, -0.25) is 0 Å². The van der Waals surface area contributed by atoms with Crippen molar-refractivity contribution in [1.82, 2.24) is 0 Å². The number of carboxylic acid groups (broad SMARTS) is 1. The number of rotatable bonds is 7. The second kappa shape index (κ2) is 6.60. The van der Waals surface area contributed by atoms with Gasteiger partial charge in [0.1, 0.15) is 5.60 Å². The van der Waals surface area contributed by atoms with E-state index in [1.807, 2.05) is 0 Å². The van der Waals surface area contributed by atoms with Crippen molar-refractivity contribution in [3.8, 4) is 0 Å². The Labute approximate surface area is 88.4 Å². The lowest BCUT2D eigenvalue weighted by Crippen LogP contribution is -2.46. The molecule has 0 heterocycles. The molecule has 0 spiro atoms. The molecule has 0 aromatic heterocycles. The Morgan fingerprint density at radius 2 is 1.93 bits per heavy atom. The molecule has 15 heavy (non-hydrogen) atoms. The molecule has 0 rings (SSSR count). The highest BCUT2D eigenvalue weighted by Gasteiger charge is 2.37. The minimum Gasteiger partial charge on any atom is -0.450 e. The summed E-state index contributed by atoms with van der Waals surface area (Å²) in [6.07, 6.45) is -2.19. The van der Waals surface area contributed by atoms with Gasteiger partial charge in [-0.15, -0.1) is 0 Å². The normalized spacial score (nSPS) is 13.6. The maximum Gasteiger partial charge on any atom is 0.508 e. The van der Waals surface area contributed by atoms with E-state index < -0.39 is 18.0 Å². The summed E-state index contributed by atoms with van der Waals surface area (Å²) >= 11 is 0. The van der Waals surface area contributed by atoms with E-state index in [-0.39, 0.29) is 13.2 Å². The maximum absolute atomic E-state index is 10.4. The van der Waals surface area contributed by atoms with Gasteiger partial charge in [-0.1, -0.05) is 13.8 Å². The molecule has 0 fully saturated rings.